The van der Waals surface area contributed by atoms with Crippen molar-refractivity contribution in [3.05, 3.63) is 246 Å². The van der Waals surface area contributed by atoms with Crippen LogP contribution in [-0.2, 0) is 5.41 Å². The molecule has 0 unspecified atom stereocenters. The van der Waals surface area contributed by atoms with Crippen LogP contribution in [-0.4, -0.2) is 6.71 Å². The Bertz CT molecular complexity index is 3540. The van der Waals surface area contributed by atoms with E-state index < -0.39 is 5.41 Å². The van der Waals surface area contributed by atoms with Gasteiger partial charge >= 0.3 is 0 Å². The van der Waals surface area contributed by atoms with E-state index in [0.29, 0.717) is 5.92 Å². The quantitative estimate of drug-likeness (QED) is 0.159. The van der Waals surface area contributed by atoms with E-state index in [4.69, 9.17) is 0 Å². The number of hydrogen-bond donors (Lipinski definition) is 0. The summed E-state index contributed by atoms with van der Waals surface area (Å²) in [6.07, 6.45) is 0. The van der Waals surface area contributed by atoms with Crippen LogP contribution < -0.4 is 25.5 Å². The minimum absolute atomic E-state index is 0.00234. The molecule has 1 aromatic heterocycles. The van der Waals surface area contributed by atoms with Crippen molar-refractivity contribution >= 4 is 67.9 Å². The van der Waals surface area contributed by atoms with E-state index in [-0.39, 0.29) is 6.71 Å². The Hall–Kier alpha value is -7.66. The maximum absolute atomic E-state index is 2.61. The molecule has 10 aromatic rings. The lowest BCUT2D eigenvalue weighted by Gasteiger charge is -2.43. The summed E-state index contributed by atoms with van der Waals surface area (Å²) >= 11 is 2.05. The molecule has 2 aliphatic heterocycles. The molecule has 0 radical (unpaired) electrons. The predicted octanol–water partition coefficient (Wildman–Crippen LogP) is 14.6. The van der Waals surface area contributed by atoms with Crippen molar-refractivity contribution in [1.82, 2.24) is 0 Å². The molecule has 0 bridgehead atoms. The molecule has 2 aliphatic carbocycles. The number of thiophene rings is 1. The number of para-hydroxylation sites is 1. The molecule has 14 rings (SSSR count). The molecule has 0 atom stereocenters. The Labute approximate surface area is 390 Å². The van der Waals surface area contributed by atoms with Crippen LogP contribution in [0.3, 0.4) is 0 Å². The van der Waals surface area contributed by atoms with Crippen LogP contribution >= 0.6 is 11.3 Å². The molecule has 9 aromatic carbocycles. The second-order valence-corrected chi connectivity index (χ2v) is 19.5. The molecule has 0 saturated carbocycles. The molecule has 4 heteroatoms. The monoisotopic (exact) mass is 858 g/mol. The Morgan fingerprint density at radius 3 is 1.62 bits per heavy atom. The van der Waals surface area contributed by atoms with E-state index in [9.17, 15) is 0 Å². The molecule has 0 amide bonds. The van der Waals surface area contributed by atoms with Gasteiger partial charge in [-0.3, -0.25) is 0 Å². The Morgan fingerprint density at radius 2 is 0.970 bits per heavy atom. The maximum atomic E-state index is 2.61. The summed E-state index contributed by atoms with van der Waals surface area (Å²) in [6, 6.07) is 82.1. The van der Waals surface area contributed by atoms with Gasteiger partial charge in [0.1, 0.15) is 0 Å². The van der Waals surface area contributed by atoms with Crippen LogP contribution in [0.25, 0.3) is 44.5 Å². The van der Waals surface area contributed by atoms with E-state index in [2.05, 4.69) is 242 Å². The first-order valence-electron chi connectivity index (χ1n) is 23.2. The fourth-order valence-corrected chi connectivity index (χ4v) is 13.7. The number of nitrogens with zero attached hydrogens (tertiary/aromatic N) is 2. The van der Waals surface area contributed by atoms with Crippen LogP contribution in [0.2, 0.25) is 0 Å². The van der Waals surface area contributed by atoms with Crippen molar-refractivity contribution in [3.8, 4) is 44.5 Å². The third-order valence-electron chi connectivity index (χ3n) is 14.9. The fourth-order valence-electron chi connectivity index (χ4n) is 12.1. The Balaban J connectivity index is 1.09. The van der Waals surface area contributed by atoms with E-state index in [0.717, 1.165) is 0 Å². The molecule has 0 N–H and O–H groups in total. The van der Waals surface area contributed by atoms with Gasteiger partial charge in [-0.25, -0.2) is 0 Å². The van der Waals surface area contributed by atoms with Gasteiger partial charge in [-0.1, -0.05) is 190 Å². The number of rotatable bonds is 5. The first kappa shape index (κ1) is 37.7. The molecule has 4 aliphatic rings. The first-order chi connectivity index (χ1) is 32.6. The highest BCUT2D eigenvalue weighted by Crippen LogP contribution is 2.66. The second-order valence-electron chi connectivity index (χ2n) is 18.5. The second kappa shape index (κ2) is 14.2. The zero-order valence-electron chi connectivity index (χ0n) is 36.7. The van der Waals surface area contributed by atoms with Crippen molar-refractivity contribution in [2.24, 2.45) is 0 Å². The molecule has 2 nitrogen and oxygen atoms in total. The molecule has 66 heavy (non-hydrogen) atoms. The van der Waals surface area contributed by atoms with Gasteiger partial charge < -0.3 is 9.80 Å². The van der Waals surface area contributed by atoms with Crippen molar-refractivity contribution < 1.29 is 0 Å². The Morgan fingerprint density at radius 1 is 0.439 bits per heavy atom. The van der Waals surface area contributed by atoms with Crippen LogP contribution in [0.1, 0.15) is 46.9 Å². The lowest BCUT2D eigenvalue weighted by atomic mass is 9.36. The summed E-state index contributed by atoms with van der Waals surface area (Å²) in [4.78, 5) is 6.58. The van der Waals surface area contributed by atoms with E-state index in [1.54, 1.807) is 0 Å². The summed E-state index contributed by atoms with van der Waals surface area (Å²) in [5, 5.41) is 0. The van der Waals surface area contributed by atoms with Gasteiger partial charge in [-0.15, -0.1) is 11.3 Å². The van der Waals surface area contributed by atoms with E-state index in [1.165, 1.54) is 121 Å². The minimum Gasteiger partial charge on any atom is -0.311 e. The van der Waals surface area contributed by atoms with Gasteiger partial charge in [0.05, 0.1) is 11.1 Å². The fraction of sp³-hybridized carbons (Fsp3) is 0.0645. The topological polar surface area (TPSA) is 6.48 Å². The van der Waals surface area contributed by atoms with Gasteiger partial charge in [0.2, 0.25) is 0 Å². The molecule has 0 saturated heterocycles. The van der Waals surface area contributed by atoms with Gasteiger partial charge in [0.25, 0.3) is 6.71 Å². The van der Waals surface area contributed by atoms with E-state index >= 15 is 0 Å². The third-order valence-corrected chi connectivity index (χ3v) is 16.2. The first-order valence-corrected chi connectivity index (χ1v) is 24.1. The highest BCUT2D eigenvalue weighted by Gasteiger charge is 2.56. The average molecular weight is 859 g/mol. The largest absolute Gasteiger partial charge is 0.311 e. The molecular formula is C62H43BN2S. The number of fused-ring (bicyclic) bond motifs is 15. The standard InChI is InChI=1S/C62H43BN2S/c1-39(2)40-32-35-44(36-33-40)64-54-30-17-31-55-58(54)63(53-37-34-42(38-56(53)64)46-23-10-9-22-45(46)41-18-5-3-6-19-41)61-59(65(55)43-20-7-4-8-21-43)57-49-26-13-16-29-52(49)62(60(57)66-61)50-27-14-11-24-47(50)48-25-12-15-28-51(48)62/h3-39H,1-2H3. The van der Waals surface area contributed by atoms with Crippen LogP contribution in [0.4, 0.5) is 34.1 Å². The molecule has 1 spiro atoms. The lowest BCUT2D eigenvalue weighted by molar-refractivity contribution is 0.811. The zero-order chi connectivity index (χ0) is 43.7. The predicted molar refractivity (Wildman–Crippen MR) is 280 cm³/mol. The van der Waals surface area contributed by atoms with Gasteiger partial charge in [0.15, 0.2) is 0 Å². The van der Waals surface area contributed by atoms with E-state index in [1.807, 2.05) is 11.3 Å². The zero-order valence-corrected chi connectivity index (χ0v) is 37.6. The molecule has 310 valence electrons. The van der Waals surface area contributed by atoms with Crippen molar-refractivity contribution in [3.63, 3.8) is 0 Å². The highest BCUT2D eigenvalue weighted by atomic mass is 32.1. The van der Waals surface area contributed by atoms with Gasteiger partial charge in [-0.2, -0.15) is 0 Å². The average Bonchev–Trinajstić information content (AvgIpc) is 4.01. The van der Waals surface area contributed by atoms with Crippen molar-refractivity contribution in [1.29, 1.82) is 0 Å². The SMILES string of the molecule is CC(C)c1ccc(N2c3cc(-c4ccccc4-c4ccccc4)ccc3B3c4sc5c(c4N(c4ccccc4)c4cccc2c43)-c2ccccc2C52c3ccccc3-c3ccccc32)cc1. The normalized spacial score (nSPS) is 14.1. The van der Waals surface area contributed by atoms with Crippen LogP contribution in [0, 0.1) is 0 Å². The molecule has 3 heterocycles. The Kier molecular flexibility index (Phi) is 8.09. The number of anilines is 6. The molecular weight excluding hydrogens is 816 g/mol. The number of hydrogen-bond acceptors (Lipinski definition) is 3. The van der Waals surface area contributed by atoms with Crippen molar-refractivity contribution in [2.45, 2.75) is 25.2 Å². The smallest absolute Gasteiger partial charge is 0.264 e. The van der Waals surface area contributed by atoms with Crippen LogP contribution in [0.15, 0.2) is 218 Å². The van der Waals surface area contributed by atoms with Gasteiger partial charge in [-0.05, 0) is 121 Å². The summed E-state index contributed by atoms with van der Waals surface area (Å²) in [5.74, 6) is 0.438. The number of benzene rings is 9. The van der Waals surface area contributed by atoms with Crippen LogP contribution in [0.5, 0.6) is 0 Å². The third kappa shape index (κ3) is 5.02. The summed E-state index contributed by atoms with van der Waals surface area (Å²) in [5.41, 5.74) is 25.3. The lowest BCUT2D eigenvalue weighted by Crippen LogP contribution is -2.60. The van der Waals surface area contributed by atoms with Crippen molar-refractivity contribution in [2.75, 3.05) is 9.80 Å². The highest BCUT2D eigenvalue weighted by molar-refractivity contribution is 7.30. The maximum Gasteiger partial charge on any atom is 0.264 e. The molecule has 0 fully saturated rings. The van der Waals surface area contributed by atoms with Gasteiger partial charge in [0, 0.05) is 43.7 Å². The summed E-state index contributed by atoms with van der Waals surface area (Å²) in [7, 11) is 0. The summed E-state index contributed by atoms with van der Waals surface area (Å²) in [6.45, 7) is 4.55. The minimum atomic E-state index is -0.439. The summed E-state index contributed by atoms with van der Waals surface area (Å²) < 4.78 is 1.40.